The molecule has 0 radical (unpaired) electrons. The van der Waals surface area contributed by atoms with Gasteiger partial charge in [0.15, 0.2) is 16.2 Å². The predicted molar refractivity (Wildman–Crippen MR) is 140 cm³/mol. The van der Waals surface area contributed by atoms with E-state index in [9.17, 15) is 0 Å². The van der Waals surface area contributed by atoms with Gasteiger partial charge < -0.3 is 4.90 Å². The lowest BCUT2D eigenvalue weighted by atomic mass is 10.2. The molecule has 178 valence electrons. The molecule has 1 fully saturated rings. The van der Waals surface area contributed by atoms with E-state index in [1.165, 1.54) is 5.56 Å². The Balaban J connectivity index is 1.37. The first kappa shape index (κ1) is 22.1. The maximum absolute atomic E-state index is 5.94. The minimum atomic E-state index is 0.501. The van der Waals surface area contributed by atoms with Gasteiger partial charge in [0.1, 0.15) is 6.54 Å². The van der Waals surface area contributed by atoms with Crippen LogP contribution in [0.1, 0.15) is 11.4 Å². The average molecular weight is 485 g/mol. The van der Waals surface area contributed by atoms with Crippen molar-refractivity contribution in [3.05, 3.63) is 83.0 Å². The summed E-state index contributed by atoms with van der Waals surface area (Å²) >= 11 is 5.94. The molecule has 5 aromatic rings. The lowest BCUT2D eigenvalue weighted by Crippen LogP contribution is -2.45. The second-order valence-electron chi connectivity index (χ2n) is 9.23. The van der Waals surface area contributed by atoms with E-state index in [2.05, 4.69) is 62.9 Å². The van der Waals surface area contributed by atoms with Crippen LogP contribution in [0.25, 0.3) is 21.9 Å². The van der Waals surface area contributed by atoms with Crippen LogP contribution in [0.5, 0.6) is 0 Å². The van der Waals surface area contributed by atoms with Crippen molar-refractivity contribution in [2.24, 2.45) is 0 Å². The molecule has 0 atom stereocenters. The highest BCUT2D eigenvalue weighted by molar-refractivity contribution is 7.71. The molecule has 2 aromatic carbocycles. The SMILES string of the molecule is CN1CCN(Cn2nc(Cn3ncc4cc5ccccc5nc43)n(Cc3ccccc3)c2=S)CC1. The molecule has 35 heavy (non-hydrogen) atoms. The Hall–Kier alpha value is -3.40. The van der Waals surface area contributed by atoms with Gasteiger partial charge in [-0.1, -0.05) is 48.5 Å². The maximum Gasteiger partial charge on any atom is 0.199 e. The molecule has 0 N–H and O–H groups in total. The van der Waals surface area contributed by atoms with Crippen LogP contribution in [0, 0.1) is 4.77 Å². The smallest absolute Gasteiger partial charge is 0.199 e. The molecule has 0 amide bonds. The molecule has 0 bridgehead atoms. The van der Waals surface area contributed by atoms with E-state index in [1.807, 2.05) is 39.8 Å². The van der Waals surface area contributed by atoms with Gasteiger partial charge in [-0.2, -0.15) is 10.2 Å². The minimum absolute atomic E-state index is 0.501. The topological polar surface area (TPSA) is 59.9 Å². The molecule has 1 aliphatic rings. The normalized spacial score (nSPS) is 15.3. The number of rotatable bonds is 6. The number of benzene rings is 2. The molecule has 1 saturated heterocycles. The fraction of sp³-hybridized carbons (Fsp3) is 0.308. The summed E-state index contributed by atoms with van der Waals surface area (Å²) in [5.74, 6) is 0.882. The fourth-order valence-corrected chi connectivity index (χ4v) is 4.93. The Morgan fingerprint density at radius 2 is 1.63 bits per heavy atom. The summed E-state index contributed by atoms with van der Waals surface area (Å²) in [6.45, 7) is 6.02. The molecule has 6 rings (SSSR count). The summed E-state index contributed by atoms with van der Waals surface area (Å²) in [7, 11) is 2.17. The molecule has 0 unspecified atom stereocenters. The van der Waals surface area contributed by atoms with Crippen LogP contribution in [-0.4, -0.2) is 72.1 Å². The van der Waals surface area contributed by atoms with Crippen LogP contribution >= 0.6 is 12.2 Å². The van der Waals surface area contributed by atoms with E-state index in [0.29, 0.717) is 19.8 Å². The van der Waals surface area contributed by atoms with Gasteiger partial charge in [0, 0.05) is 37.0 Å². The highest BCUT2D eigenvalue weighted by Gasteiger charge is 2.19. The highest BCUT2D eigenvalue weighted by Crippen LogP contribution is 2.20. The van der Waals surface area contributed by atoms with Crippen molar-refractivity contribution in [2.75, 3.05) is 33.2 Å². The summed E-state index contributed by atoms with van der Waals surface area (Å²) < 4.78 is 6.76. The van der Waals surface area contributed by atoms with Crippen molar-refractivity contribution in [1.82, 2.24) is 38.9 Å². The first-order valence-corrected chi connectivity index (χ1v) is 12.4. The number of likely N-dealkylation sites (N-methyl/N-ethyl adjacent to an activating group) is 1. The van der Waals surface area contributed by atoms with Crippen molar-refractivity contribution in [3.63, 3.8) is 0 Å². The van der Waals surface area contributed by atoms with E-state index in [4.69, 9.17) is 22.3 Å². The zero-order valence-corrected chi connectivity index (χ0v) is 20.6. The molecule has 3 aromatic heterocycles. The largest absolute Gasteiger partial charge is 0.304 e. The van der Waals surface area contributed by atoms with Gasteiger partial charge in [-0.05, 0) is 37.0 Å². The third kappa shape index (κ3) is 4.50. The van der Waals surface area contributed by atoms with Crippen LogP contribution in [0.4, 0.5) is 0 Å². The highest BCUT2D eigenvalue weighted by atomic mass is 32.1. The zero-order valence-electron chi connectivity index (χ0n) is 19.8. The Kier molecular flexibility index (Phi) is 5.89. The molecular formula is C26H28N8S. The van der Waals surface area contributed by atoms with E-state index >= 15 is 0 Å². The number of pyridine rings is 1. The second-order valence-corrected chi connectivity index (χ2v) is 9.59. The van der Waals surface area contributed by atoms with E-state index < -0.39 is 0 Å². The second kappa shape index (κ2) is 9.33. The van der Waals surface area contributed by atoms with Crippen molar-refractivity contribution >= 4 is 34.2 Å². The molecule has 0 aliphatic carbocycles. The van der Waals surface area contributed by atoms with Gasteiger partial charge >= 0.3 is 0 Å². The standard InChI is InChI=1S/C26H28N8S/c1-30-11-13-31(14-12-30)19-34-26(35)32(17-20-7-3-2-4-8-20)24(29-34)18-33-25-22(16-27-33)15-21-9-5-6-10-23(21)28-25/h2-10,15-16H,11-14,17-19H2,1H3. The number of nitrogens with zero attached hydrogens (tertiary/aromatic N) is 8. The Morgan fingerprint density at radius 3 is 2.46 bits per heavy atom. The third-order valence-corrected chi connectivity index (χ3v) is 7.15. The van der Waals surface area contributed by atoms with Crippen LogP contribution in [0.3, 0.4) is 0 Å². The Labute approximate surface area is 209 Å². The van der Waals surface area contributed by atoms with Crippen LogP contribution in [0.2, 0.25) is 0 Å². The maximum atomic E-state index is 5.94. The molecule has 1 aliphatic heterocycles. The predicted octanol–water partition coefficient (Wildman–Crippen LogP) is 3.61. The number of aromatic nitrogens is 6. The van der Waals surface area contributed by atoms with E-state index in [1.54, 1.807) is 0 Å². The molecular weight excluding hydrogens is 456 g/mol. The summed E-state index contributed by atoms with van der Waals surface area (Å²) in [4.78, 5) is 9.66. The van der Waals surface area contributed by atoms with Gasteiger partial charge in [-0.15, -0.1) is 0 Å². The number of para-hydroxylation sites is 1. The van der Waals surface area contributed by atoms with Crippen molar-refractivity contribution in [3.8, 4) is 0 Å². The first-order chi connectivity index (χ1) is 17.1. The number of hydrogen-bond donors (Lipinski definition) is 0. The fourth-order valence-electron chi connectivity index (χ4n) is 4.66. The van der Waals surface area contributed by atoms with Gasteiger partial charge in [0.25, 0.3) is 0 Å². The van der Waals surface area contributed by atoms with E-state index in [0.717, 1.165) is 58.7 Å². The summed E-state index contributed by atoms with van der Waals surface area (Å²) in [5, 5.41) is 11.8. The molecule has 9 heteroatoms. The van der Waals surface area contributed by atoms with Crippen molar-refractivity contribution < 1.29 is 0 Å². The van der Waals surface area contributed by atoms with Crippen molar-refractivity contribution in [2.45, 2.75) is 19.8 Å². The Bertz CT molecular complexity index is 1530. The number of hydrogen-bond acceptors (Lipinski definition) is 6. The first-order valence-electron chi connectivity index (χ1n) is 12.0. The number of piperazine rings is 1. The molecule has 8 nitrogen and oxygen atoms in total. The van der Waals surface area contributed by atoms with Gasteiger partial charge in [0.2, 0.25) is 0 Å². The summed E-state index contributed by atoms with van der Waals surface area (Å²) in [6.07, 6.45) is 1.88. The third-order valence-electron chi connectivity index (χ3n) is 6.72. The quantitative estimate of drug-likeness (QED) is 0.343. The van der Waals surface area contributed by atoms with Gasteiger partial charge in [-0.25, -0.2) is 14.3 Å². The van der Waals surface area contributed by atoms with E-state index in [-0.39, 0.29) is 0 Å². The molecule has 0 saturated carbocycles. The lowest BCUT2D eigenvalue weighted by molar-refractivity contribution is 0.118. The lowest BCUT2D eigenvalue weighted by Gasteiger charge is -2.31. The summed E-state index contributed by atoms with van der Waals surface area (Å²) in [6, 6.07) is 20.7. The monoisotopic (exact) mass is 484 g/mol. The average Bonchev–Trinajstić information content (AvgIpc) is 3.40. The van der Waals surface area contributed by atoms with Crippen molar-refractivity contribution in [1.29, 1.82) is 0 Å². The summed E-state index contributed by atoms with van der Waals surface area (Å²) in [5.41, 5.74) is 3.01. The van der Waals surface area contributed by atoms with Crippen LogP contribution in [0.15, 0.2) is 66.9 Å². The number of fused-ring (bicyclic) bond motifs is 2. The van der Waals surface area contributed by atoms with Crippen LogP contribution in [-0.2, 0) is 19.8 Å². The molecule has 0 spiro atoms. The van der Waals surface area contributed by atoms with Gasteiger partial charge in [0.05, 0.1) is 24.9 Å². The Morgan fingerprint density at radius 1 is 0.857 bits per heavy atom. The van der Waals surface area contributed by atoms with Gasteiger partial charge in [-0.3, -0.25) is 9.47 Å². The minimum Gasteiger partial charge on any atom is -0.304 e. The van der Waals surface area contributed by atoms with Crippen LogP contribution < -0.4 is 0 Å². The molecule has 4 heterocycles. The zero-order chi connectivity index (χ0) is 23.8.